The molecule has 0 bridgehead atoms. The predicted molar refractivity (Wildman–Crippen MR) is 122 cm³/mol. The normalized spacial score (nSPS) is 11.5. The largest absolute Gasteiger partial charge is 0.355 e. The molecule has 0 aliphatic heterocycles. The van der Waals surface area contributed by atoms with E-state index in [1.165, 1.54) is 30.2 Å². The van der Waals surface area contributed by atoms with Crippen LogP contribution in [-0.4, -0.2) is 46.4 Å². The number of nitrogens with two attached hydrogens (primary N) is 1. The van der Waals surface area contributed by atoms with Crippen molar-refractivity contribution in [2.75, 3.05) is 12.3 Å². The molecule has 32 heavy (non-hydrogen) atoms. The Hall–Kier alpha value is -3.28. The number of para-hydroxylation sites is 1. The monoisotopic (exact) mass is 468 g/mol. The number of benzene rings is 2. The number of nitrogens with zero attached hydrogens (tertiary/aromatic N) is 4. The van der Waals surface area contributed by atoms with Crippen molar-refractivity contribution in [1.29, 1.82) is 0 Å². The number of amides is 1. The van der Waals surface area contributed by atoms with Crippen LogP contribution in [0.4, 0.5) is 0 Å². The number of primary sulfonamides is 1. The topological polar surface area (TPSA) is 133 Å². The van der Waals surface area contributed by atoms with Crippen molar-refractivity contribution in [1.82, 2.24) is 25.1 Å². The first-order chi connectivity index (χ1) is 15.4. The Morgan fingerprint density at radius 1 is 1.06 bits per heavy atom. The van der Waals surface area contributed by atoms with Gasteiger partial charge in [-0.1, -0.05) is 42.1 Å². The van der Waals surface area contributed by atoms with Crippen LogP contribution in [0.25, 0.3) is 16.7 Å². The van der Waals surface area contributed by atoms with Gasteiger partial charge in [0.05, 0.1) is 27.9 Å². The SMILES string of the molecule is NS(=O)(=O)c1ccc(CCNC(=O)CSc2ncnc3c2cnn3-c2ccccc2)cc1. The van der Waals surface area contributed by atoms with Gasteiger partial charge in [0.15, 0.2) is 5.65 Å². The molecule has 0 atom stereocenters. The molecule has 0 spiro atoms. The fraction of sp³-hybridized carbons (Fsp3) is 0.143. The van der Waals surface area contributed by atoms with Gasteiger partial charge in [0.2, 0.25) is 15.9 Å². The van der Waals surface area contributed by atoms with E-state index >= 15 is 0 Å². The van der Waals surface area contributed by atoms with Gasteiger partial charge >= 0.3 is 0 Å². The van der Waals surface area contributed by atoms with Gasteiger partial charge in [0.25, 0.3) is 0 Å². The molecular formula is C21H20N6O3S2. The maximum absolute atomic E-state index is 12.3. The smallest absolute Gasteiger partial charge is 0.238 e. The van der Waals surface area contributed by atoms with Crippen molar-refractivity contribution in [2.45, 2.75) is 16.3 Å². The Bertz CT molecular complexity index is 1340. The summed E-state index contributed by atoms with van der Waals surface area (Å²) in [4.78, 5) is 21.0. The number of carbonyl (C=O) groups is 1. The average molecular weight is 469 g/mol. The van der Waals surface area contributed by atoms with Gasteiger partial charge in [-0.3, -0.25) is 4.79 Å². The second kappa shape index (κ2) is 9.47. The molecule has 9 nitrogen and oxygen atoms in total. The zero-order chi connectivity index (χ0) is 22.6. The fourth-order valence-corrected chi connectivity index (χ4v) is 4.38. The van der Waals surface area contributed by atoms with E-state index in [4.69, 9.17) is 5.14 Å². The lowest BCUT2D eigenvalue weighted by molar-refractivity contribution is -0.118. The fourth-order valence-electron chi connectivity index (χ4n) is 3.07. The van der Waals surface area contributed by atoms with Crippen molar-refractivity contribution in [3.63, 3.8) is 0 Å². The molecule has 4 rings (SSSR count). The summed E-state index contributed by atoms with van der Waals surface area (Å²) in [5.74, 6) is 0.0749. The van der Waals surface area contributed by atoms with Gasteiger partial charge in [0, 0.05) is 6.54 Å². The second-order valence-corrected chi connectivity index (χ2v) is 9.41. The minimum Gasteiger partial charge on any atom is -0.355 e. The first kappa shape index (κ1) is 21.9. The van der Waals surface area contributed by atoms with E-state index in [9.17, 15) is 13.2 Å². The summed E-state index contributed by atoms with van der Waals surface area (Å²) in [7, 11) is -3.71. The summed E-state index contributed by atoms with van der Waals surface area (Å²) in [5.41, 5.74) is 2.47. The molecule has 0 aliphatic carbocycles. The highest BCUT2D eigenvalue weighted by Crippen LogP contribution is 2.25. The number of aromatic nitrogens is 4. The average Bonchev–Trinajstić information content (AvgIpc) is 3.23. The van der Waals surface area contributed by atoms with Crippen molar-refractivity contribution in [3.8, 4) is 5.69 Å². The molecule has 0 saturated heterocycles. The Morgan fingerprint density at radius 2 is 1.81 bits per heavy atom. The van der Waals surface area contributed by atoms with Crippen LogP contribution in [-0.2, 0) is 21.2 Å². The first-order valence-electron chi connectivity index (χ1n) is 9.67. The van der Waals surface area contributed by atoms with E-state index in [0.29, 0.717) is 23.6 Å². The third-order valence-corrected chi connectivity index (χ3v) is 6.59. The second-order valence-electron chi connectivity index (χ2n) is 6.89. The molecule has 0 saturated carbocycles. The molecule has 0 aliphatic rings. The summed E-state index contributed by atoms with van der Waals surface area (Å²) in [6, 6.07) is 16.0. The van der Waals surface area contributed by atoms with Gasteiger partial charge in [-0.15, -0.1) is 0 Å². The van der Waals surface area contributed by atoms with Crippen LogP contribution in [0.1, 0.15) is 5.56 Å². The number of sulfonamides is 1. The lowest BCUT2D eigenvalue weighted by Gasteiger charge is -2.07. The third-order valence-electron chi connectivity index (χ3n) is 4.66. The molecule has 2 aromatic carbocycles. The van der Waals surface area contributed by atoms with Crippen molar-refractivity contribution < 1.29 is 13.2 Å². The summed E-state index contributed by atoms with van der Waals surface area (Å²) >= 11 is 1.32. The van der Waals surface area contributed by atoms with Crippen LogP contribution in [0.2, 0.25) is 0 Å². The first-order valence-corrected chi connectivity index (χ1v) is 12.2. The standard InChI is InChI=1S/C21H20N6O3S2/c22-32(29,30)17-8-6-15(7-9-17)10-11-23-19(28)13-31-21-18-12-26-27(20(18)24-14-25-21)16-4-2-1-3-5-16/h1-9,12,14H,10-11,13H2,(H,23,28)(H2,22,29,30). The van der Waals surface area contributed by atoms with E-state index in [2.05, 4.69) is 20.4 Å². The van der Waals surface area contributed by atoms with Crippen molar-refractivity contribution in [3.05, 3.63) is 72.7 Å². The number of thioether (sulfide) groups is 1. The molecule has 0 unspecified atom stereocenters. The molecule has 164 valence electrons. The zero-order valence-corrected chi connectivity index (χ0v) is 18.5. The van der Waals surface area contributed by atoms with E-state index in [0.717, 1.165) is 16.6 Å². The van der Waals surface area contributed by atoms with Gasteiger partial charge < -0.3 is 5.32 Å². The van der Waals surface area contributed by atoms with Gasteiger partial charge in [0.1, 0.15) is 11.4 Å². The summed E-state index contributed by atoms with van der Waals surface area (Å²) in [5, 5.41) is 13.8. The molecular weight excluding hydrogens is 448 g/mol. The molecule has 2 aromatic heterocycles. The van der Waals surface area contributed by atoms with Crippen LogP contribution in [0, 0.1) is 0 Å². The lowest BCUT2D eigenvalue weighted by atomic mass is 10.1. The van der Waals surface area contributed by atoms with E-state index in [1.807, 2.05) is 30.3 Å². The molecule has 0 fully saturated rings. The minimum absolute atomic E-state index is 0.0634. The van der Waals surface area contributed by atoms with Crippen LogP contribution in [0.5, 0.6) is 0 Å². The highest BCUT2D eigenvalue weighted by Gasteiger charge is 2.13. The summed E-state index contributed by atoms with van der Waals surface area (Å²) in [6.45, 7) is 0.430. The van der Waals surface area contributed by atoms with Gasteiger partial charge in [-0.25, -0.2) is 28.2 Å². The number of fused-ring (bicyclic) bond motifs is 1. The van der Waals surface area contributed by atoms with Crippen molar-refractivity contribution in [2.24, 2.45) is 5.14 Å². The molecule has 0 radical (unpaired) electrons. The minimum atomic E-state index is -3.71. The maximum Gasteiger partial charge on any atom is 0.238 e. The highest BCUT2D eigenvalue weighted by atomic mass is 32.2. The van der Waals surface area contributed by atoms with Crippen LogP contribution in [0.15, 0.2) is 77.0 Å². The lowest BCUT2D eigenvalue weighted by Crippen LogP contribution is -2.27. The predicted octanol–water partition coefficient (Wildman–Crippen LogP) is 1.91. The summed E-state index contributed by atoms with van der Waals surface area (Å²) in [6.07, 6.45) is 3.74. The van der Waals surface area contributed by atoms with E-state index < -0.39 is 10.0 Å². The van der Waals surface area contributed by atoms with Crippen LogP contribution >= 0.6 is 11.8 Å². The Labute approximate surface area is 189 Å². The third kappa shape index (κ3) is 5.13. The quantitative estimate of drug-likeness (QED) is 0.298. The van der Waals surface area contributed by atoms with Crippen LogP contribution < -0.4 is 10.5 Å². The van der Waals surface area contributed by atoms with E-state index in [-0.39, 0.29) is 16.6 Å². The highest BCUT2D eigenvalue weighted by molar-refractivity contribution is 8.00. The number of nitrogens with one attached hydrogen (secondary N) is 1. The Morgan fingerprint density at radius 3 is 2.53 bits per heavy atom. The number of hydrogen-bond donors (Lipinski definition) is 2. The molecule has 1 amide bonds. The maximum atomic E-state index is 12.3. The number of hydrogen-bond acceptors (Lipinski definition) is 7. The Balaban J connectivity index is 1.33. The van der Waals surface area contributed by atoms with E-state index in [1.54, 1.807) is 23.0 Å². The van der Waals surface area contributed by atoms with Crippen LogP contribution in [0.3, 0.4) is 0 Å². The molecule has 11 heteroatoms. The van der Waals surface area contributed by atoms with Gasteiger partial charge in [-0.05, 0) is 36.2 Å². The number of rotatable bonds is 8. The molecule has 4 aromatic rings. The molecule has 3 N–H and O–H groups in total. The molecule has 2 heterocycles. The Kier molecular flexibility index (Phi) is 6.49. The van der Waals surface area contributed by atoms with Crippen molar-refractivity contribution >= 4 is 38.7 Å². The van der Waals surface area contributed by atoms with Gasteiger partial charge in [-0.2, -0.15) is 5.10 Å². The zero-order valence-electron chi connectivity index (χ0n) is 16.9. The number of carbonyl (C=O) groups excluding carboxylic acids is 1. The summed E-state index contributed by atoms with van der Waals surface area (Å²) < 4.78 is 24.3.